The fourth-order valence-electron chi connectivity index (χ4n) is 1.53. The second kappa shape index (κ2) is 5.14. The number of rotatable bonds is 4. The number of aromatic nitrogens is 2. The van der Waals surface area contributed by atoms with Crippen LogP contribution in [0.15, 0.2) is 35.5 Å². The maximum absolute atomic E-state index is 12.1. The molecule has 0 atom stereocenters. The summed E-state index contributed by atoms with van der Waals surface area (Å²) in [5.41, 5.74) is -0.296. The molecule has 1 heterocycles. The predicted octanol–water partition coefficient (Wildman–Crippen LogP) is 1.57. The number of carbonyl (C=O) groups is 1. The third kappa shape index (κ3) is 2.91. The first-order chi connectivity index (χ1) is 9.29. The summed E-state index contributed by atoms with van der Waals surface area (Å²) in [5, 5.41) is 13.0. The smallest absolute Gasteiger partial charge is 0.337 e. The van der Waals surface area contributed by atoms with Crippen molar-refractivity contribution in [3.05, 3.63) is 41.2 Å². The zero-order valence-electron chi connectivity index (χ0n) is 10.2. The van der Waals surface area contributed by atoms with E-state index in [0.717, 1.165) is 6.20 Å². The Hall–Kier alpha value is -2.06. The maximum atomic E-state index is 12.1. The van der Waals surface area contributed by atoms with Gasteiger partial charge in [0, 0.05) is 18.3 Å². The first-order valence-electron chi connectivity index (χ1n) is 5.34. The molecule has 0 aliphatic rings. The number of nitrogens with zero attached hydrogens (tertiary/aromatic N) is 2. The quantitative estimate of drug-likeness (QED) is 0.891. The van der Waals surface area contributed by atoms with E-state index in [1.165, 1.54) is 29.1 Å². The van der Waals surface area contributed by atoms with Crippen LogP contribution in [0.1, 0.15) is 10.4 Å². The minimum atomic E-state index is -3.92. The van der Waals surface area contributed by atoms with Crippen LogP contribution in [-0.4, -0.2) is 29.3 Å². The molecule has 20 heavy (non-hydrogen) atoms. The highest BCUT2D eigenvalue weighted by molar-refractivity contribution is 7.92. The van der Waals surface area contributed by atoms with Crippen molar-refractivity contribution in [1.82, 2.24) is 9.78 Å². The molecule has 0 aliphatic heterocycles. The number of benzene rings is 1. The van der Waals surface area contributed by atoms with E-state index in [0.29, 0.717) is 0 Å². The lowest BCUT2D eigenvalue weighted by atomic mass is 10.2. The van der Waals surface area contributed by atoms with Crippen molar-refractivity contribution in [2.24, 2.45) is 7.05 Å². The minimum Gasteiger partial charge on any atom is -0.478 e. The van der Waals surface area contributed by atoms with Gasteiger partial charge in [0.15, 0.2) is 0 Å². The highest BCUT2D eigenvalue weighted by atomic mass is 35.5. The van der Waals surface area contributed by atoms with Crippen LogP contribution in [0.4, 0.5) is 5.69 Å². The summed E-state index contributed by atoms with van der Waals surface area (Å²) in [6, 6.07) is 3.83. The Labute approximate surface area is 119 Å². The maximum Gasteiger partial charge on any atom is 0.337 e. The van der Waals surface area contributed by atoms with Gasteiger partial charge in [-0.15, -0.1) is 0 Å². The number of aromatic carboxylic acids is 1. The number of hydrogen-bond donors (Lipinski definition) is 2. The van der Waals surface area contributed by atoms with Gasteiger partial charge in [-0.1, -0.05) is 11.6 Å². The summed E-state index contributed by atoms with van der Waals surface area (Å²) in [4.78, 5) is 11.0. The lowest BCUT2D eigenvalue weighted by Crippen LogP contribution is -2.15. The Morgan fingerprint density at radius 2 is 2.15 bits per heavy atom. The number of anilines is 1. The van der Waals surface area contributed by atoms with Gasteiger partial charge in [-0.3, -0.25) is 9.40 Å². The number of sulfonamides is 1. The van der Waals surface area contributed by atoms with Crippen LogP contribution in [-0.2, 0) is 17.1 Å². The van der Waals surface area contributed by atoms with E-state index in [1.807, 2.05) is 0 Å². The lowest BCUT2D eigenvalue weighted by Gasteiger charge is -2.09. The summed E-state index contributed by atoms with van der Waals surface area (Å²) in [6.45, 7) is 0. The molecule has 0 bridgehead atoms. The Bertz CT molecular complexity index is 770. The minimum absolute atomic E-state index is 0.0729. The molecule has 9 heteroatoms. The van der Waals surface area contributed by atoms with Crippen molar-refractivity contribution in [1.29, 1.82) is 0 Å². The molecule has 0 saturated carbocycles. The molecule has 7 nitrogen and oxygen atoms in total. The molecule has 2 aromatic rings. The Morgan fingerprint density at radius 1 is 1.45 bits per heavy atom. The van der Waals surface area contributed by atoms with E-state index in [4.69, 9.17) is 16.7 Å². The van der Waals surface area contributed by atoms with E-state index in [1.54, 1.807) is 7.05 Å². The SMILES string of the molecule is Cn1cc(S(=O)(=O)Nc2cc(Cl)ccc2C(=O)O)cn1. The van der Waals surface area contributed by atoms with Gasteiger partial charge >= 0.3 is 5.97 Å². The standard InChI is InChI=1S/C11H10ClN3O4S/c1-15-6-8(5-13-15)20(18,19)14-10-4-7(12)2-3-9(10)11(16)17/h2-6,14H,1H3,(H,16,17). The molecule has 0 fully saturated rings. The summed E-state index contributed by atoms with van der Waals surface area (Å²) < 4.78 is 27.7. The molecule has 0 aliphatic carbocycles. The van der Waals surface area contributed by atoms with Gasteiger partial charge < -0.3 is 5.11 Å². The van der Waals surface area contributed by atoms with E-state index in [9.17, 15) is 13.2 Å². The first kappa shape index (κ1) is 14.4. The highest BCUT2D eigenvalue weighted by Crippen LogP contribution is 2.24. The predicted molar refractivity (Wildman–Crippen MR) is 72.4 cm³/mol. The van der Waals surface area contributed by atoms with Crippen LogP contribution in [0, 0.1) is 0 Å². The second-order valence-electron chi connectivity index (χ2n) is 3.95. The Kier molecular flexibility index (Phi) is 3.69. The largest absolute Gasteiger partial charge is 0.478 e. The van der Waals surface area contributed by atoms with Crippen molar-refractivity contribution in [2.75, 3.05) is 4.72 Å². The molecule has 2 N–H and O–H groups in total. The molecule has 0 radical (unpaired) electrons. The second-order valence-corrected chi connectivity index (χ2v) is 6.07. The number of halogens is 1. The van der Waals surface area contributed by atoms with Gasteiger partial charge in [0.2, 0.25) is 0 Å². The summed E-state index contributed by atoms with van der Waals surface area (Å²) >= 11 is 5.76. The molecule has 0 saturated heterocycles. The van der Waals surface area contributed by atoms with Crippen molar-refractivity contribution in [3.63, 3.8) is 0 Å². The fourth-order valence-corrected chi connectivity index (χ4v) is 2.75. The van der Waals surface area contributed by atoms with Crippen LogP contribution < -0.4 is 4.72 Å². The van der Waals surface area contributed by atoms with Crippen LogP contribution in [0.3, 0.4) is 0 Å². The van der Waals surface area contributed by atoms with E-state index in [-0.39, 0.29) is 21.2 Å². The molecule has 0 spiro atoms. The van der Waals surface area contributed by atoms with Gasteiger partial charge in [-0.05, 0) is 18.2 Å². The monoisotopic (exact) mass is 315 g/mol. The van der Waals surface area contributed by atoms with Crippen LogP contribution in [0.2, 0.25) is 5.02 Å². The summed E-state index contributed by atoms with van der Waals surface area (Å²) in [6.07, 6.45) is 2.46. The molecular formula is C11H10ClN3O4S. The summed E-state index contributed by atoms with van der Waals surface area (Å²) in [5.74, 6) is -1.26. The number of carboxylic acid groups (broad SMARTS) is 1. The Morgan fingerprint density at radius 3 is 2.70 bits per heavy atom. The van der Waals surface area contributed by atoms with E-state index in [2.05, 4.69) is 9.82 Å². The zero-order valence-corrected chi connectivity index (χ0v) is 11.8. The first-order valence-corrected chi connectivity index (χ1v) is 7.20. The Balaban J connectivity index is 2.44. The van der Waals surface area contributed by atoms with E-state index < -0.39 is 16.0 Å². The third-order valence-corrected chi connectivity index (χ3v) is 4.00. The van der Waals surface area contributed by atoms with Gasteiger partial charge in [-0.2, -0.15) is 5.10 Å². The number of carboxylic acids is 1. The van der Waals surface area contributed by atoms with Gasteiger partial charge in [0.1, 0.15) is 4.90 Å². The van der Waals surface area contributed by atoms with Crippen LogP contribution in [0.5, 0.6) is 0 Å². The molecule has 0 amide bonds. The molecular weight excluding hydrogens is 306 g/mol. The highest BCUT2D eigenvalue weighted by Gasteiger charge is 2.20. The lowest BCUT2D eigenvalue weighted by molar-refractivity contribution is 0.0698. The normalized spacial score (nSPS) is 11.3. The van der Waals surface area contributed by atoms with E-state index >= 15 is 0 Å². The van der Waals surface area contributed by atoms with Crippen molar-refractivity contribution in [2.45, 2.75) is 4.90 Å². The molecule has 1 aromatic heterocycles. The topological polar surface area (TPSA) is 101 Å². The third-order valence-electron chi connectivity index (χ3n) is 2.45. The number of nitrogens with one attached hydrogen (secondary N) is 1. The van der Waals surface area contributed by atoms with Crippen LogP contribution >= 0.6 is 11.6 Å². The van der Waals surface area contributed by atoms with Crippen molar-refractivity contribution in [3.8, 4) is 0 Å². The van der Waals surface area contributed by atoms with Crippen molar-refractivity contribution < 1.29 is 18.3 Å². The molecule has 106 valence electrons. The van der Waals surface area contributed by atoms with Gasteiger partial charge in [0.05, 0.1) is 17.4 Å². The van der Waals surface area contributed by atoms with Gasteiger partial charge in [-0.25, -0.2) is 13.2 Å². The average molecular weight is 316 g/mol. The molecule has 0 unspecified atom stereocenters. The summed E-state index contributed by atoms with van der Waals surface area (Å²) in [7, 11) is -2.35. The average Bonchev–Trinajstić information content (AvgIpc) is 2.75. The zero-order chi connectivity index (χ0) is 14.9. The number of aryl methyl sites for hydroxylation is 1. The van der Waals surface area contributed by atoms with Gasteiger partial charge in [0.25, 0.3) is 10.0 Å². The number of hydrogen-bond acceptors (Lipinski definition) is 4. The molecule has 1 aromatic carbocycles. The molecule has 2 rings (SSSR count). The fraction of sp³-hybridized carbons (Fsp3) is 0.0909. The van der Waals surface area contributed by atoms with Crippen molar-refractivity contribution >= 4 is 33.3 Å². The van der Waals surface area contributed by atoms with Crippen LogP contribution in [0.25, 0.3) is 0 Å².